The van der Waals surface area contributed by atoms with Gasteiger partial charge in [0, 0.05) is 28.6 Å². The third kappa shape index (κ3) is 4.37. The Morgan fingerprint density at radius 2 is 1.87 bits per heavy atom. The summed E-state index contributed by atoms with van der Waals surface area (Å²) < 4.78 is 0. The van der Waals surface area contributed by atoms with Crippen molar-refractivity contribution in [3.63, 3.8) is 0 Å². The number of amides is 2. The Morgan fingerprint density at radius 3 is 2.43 bits per heavy atom. The fraction of sp³-hybridized carbons (Fsp3) is 0.417. The maximum atomic E-state index is 13.0. The first kappa shape index (κ1) is 22.3. The number of carbonyl (C=O) groups excluding carboxylic acids is 2. The van der Waals surface area contributed by atoms with Crippen LogP contribution >= 0.6 is 11.6 Å². The molecule has 0 bridgehead atoms. The highest BCUT2D eigenvalue weighted by Gasteiger charge is 2.62. The van der Waals surface area contributed by atoms with Gasteiger partial charge in [-0.1, -0.05) is 61.8 Å². The second-order valence-corrected chi connectivity index (χ2v) is 9.06. The van der Waals surface area contributed by atoms with Crippen LogP contribution in [0.1, 0.15) is 35.3 Å². The maximum absolute atomic E-state index is 13.0. The fourth-order valence-electron chi connectivity index (χ4n) is 4.35. The van der Waals surface area contributed by atoms with Crippen molar-refractivity contribution in [3.05, 3.63) is 70.2 Å². The third-order valence-electron chi connectivity index (χ3n) is 6.70. The first-order valence-corrected chi connectivity index (χ1v) is 10.6. The number of carbonyl (C=O) groups is 2. The number of hydrogen-bond donors (Lipinski definition) is 2. The molecule has 30 heavy (non-hydrogen) atoms. The van der Waals surface area contributed by atoms with Gasteiger partial charge in [-0.25, -0.2) is 0 Å². The molecule has 0 heterocycles. The Kier molecular flexibility index (Phi) is 6.53. The number of primary amides is 1. The normalized spacial score (nSPS) is 23.8. The van der Waals surface area contributed by atoms with Crippen molar-refractivity contribution < 1.29 is 9.59 Å². The molecule has 3 N–H and O–H groups in total. The average molecular weight is 428 g/mol. The number of likely N-dealkylation sites (N-methyl/N-ethyl adjacent to an activating group) is 1. The number of hydrogen-bond acceptors (Lipinski definition) is 3. The summed E-state index contributed by atoms with van der Waals surface area (Å²) in [5.74, 6) is -0.134. The topological polar surface area (TPSA) is 75.4 Å². The van der Waals surface area contributed by atoms with E-state index >= 15 is 0 Å². The summed E-state index contributed by atoms with van der Waals surface area (Å²) in [4.78, 5) is 26.4. The molecule has 1 unspecified atom stereocenters. The van der Waals surface area contributed by atoms with Gasteiger partial charge < -0.3 is 16.0 Å². The van der Waals surface area contributed by atoms with E-state index in [-0.39, 0.29) is 23.3 Å². The van der Waals surface area contributed by atoms with Crippen LogP contribution in [-0.2, 0) is 16.6 Å². The van der Waals surface area contributed by atoms with Crippen LogP contribution in [0.4, 0.5) is 0 Å². The predicted molar refractivity (Wildman–Crippen MR) is 121 cm³/mol. The SMILES string of the molecule is C[C@H]1[C@@H](C(=O)NC[C@H](Cc2ccc(C(N)=O)cc2Cl)N(C)C)C1(C)c1ccccc1. The van der Waals surface area contributed by atoms with E-state index in [4.69, 9.17) is 17.3 Å². The van der Waals surface area contributed by atoms with E-state index in [2.05, 4.69) is 36.2 Å². The molecule has 2 aromatic rings. The quantitative estimate of drug-likeness (QED) is 0.679. The minimum Gasteiger partial charge on any atom is -0.366 e. The van der Waals surface area contributed by atoms with E-state index in [1.807, 2.05) is 38.4 Å². The van der Waals surface area contributed by atoms with Crippen LogP contribution in [-0.4, -0.2) is 43.4 Å². The van der Waals surface area contributed by atoms with Crippen LogP contribution in [0.2, 0.25) is 5.02 Å². The van der Waals surface area contributed by atoms with Gasteiger partial charge in [0.2, 0.25) is 11.8 Å². The van der Waals surface area contributed by atoms with E-state index in [9.17, 15) is 9.59 Å². The molecule has 2 aromatic carbocycles. The Balaban J connectivity index is 1.64. The third-order valence-corrected chi connectivity index (χ3v) is 7.05. The highest BCUT2D eigenvalue weighted by Crippen LogP contribution is 2.59. The zero-order chi connectivity index (χ0) is 22.1. The first-order valence-electron chi connectivity index (χ1n) is 10.2. The molecular formula is C24H30ClN3O2. The minimum absolute atomic E-state index is 0.0267. The lowest BCUT2D eigenvalue weighted by molar-refractivity contribution is -0.123. The Labute approximate surface area is 183 Å². The van der Waals surface area contributed by atoms with E-state index in [1.165, 1.54) is 5.56 Å². The molecule has 5 nitrogen and oxygen atoms in total. The molecule has 4 atom stereocenters. The Hall–Kier alpha value is -2.37. The van der Waals surface area contributed by atoms with Crippen molar-refractivity contribution in [2.24, 2.45) is 17.6 Å². The molecule has 160 valence electrons. The van der Waals surface area contributed by atoms with Crippen LogP contribution in [0.3, 0.4) is 0 Å². The molecule has 1 saturated carbocycles. The zero-order valence-corrected chi connectivity index (χ0v) is 18.7. The highest BCUT2D eigenvalue weighted by atomic mass is 35.5. The van der Waals surface area contributed by atoms with Crippen molar-refractivity contribution in [1.82, 2.24) is 10.2 Å². The number of nitrogens with zero attached hydrogens (tertiary/aromatic N) is 1. The second-order valence-electron chi connectivity index (χ2n) is 8.65. The molecule has 1 aliphatic rings. The summed E-state index contributed by atoms with van der Waals surface area (Å²) in [6.07, 6.45) is 0.654. The summed E-state index contributed by atoms with van der Waals surface area (Å²) in [7, 11) is 3.96. The Bertz CT molecular complexity index is 931. The van der Waals surface area contributed by atoms with Gasteiger partial charge in [-0.3, -0.25) is 9.59 Å². The van der Waals surface area contributed by atoms with Crippen molar-refractivity contribution in [2.45, 2.75) is 31.7 Å². The molecule has 1 aliphatic carbocycles. The van der Waals surface area contributed by atoms with Crippen molar-refractivity contribution >= 4 is 23.4 Å². The number of halogens is 1. The molecule has 6 heteroatoms. The monoisotopic (exact) mass is 427 g/mol. The van der Waals surface area contributed by atoms with Gasteiger partial charge in [-0.15, -0.1) is 0 Å². The van der Waals surface area contributed by atoms with Crippen LogP contribution in [0.5, 0.6) is 0 Å². The zero-order valence-electron chi connectivity index (χ0n) is 18.0. The fourth-order valence-corrected chi connectivity index (χ4v) is 4.61. The molecule has 1 fully saturated rings. The molecule has 0 aliphatic heterocycles. The van der Waals surface area contributed by atoms with Gasteiger partial charge in [0.05, 0.1) is 5.92 Å². The molecule has 0 radical (unpaired) electrons. The number of nitrogens with two attached hydrogens (primary N) is 1. The van der Waals surface area contributed by atoms with Gasteiger partial charge in [-0.2, -0.15) is 0 Å². The van der Waals surface area contributed by atoms with Crippen molar-refractivity contribution in [3.8, 4) is 0 Å². The summed E-state index contributed by atoms with van der Waals surface area (Å²) in [5, 5.41) is 3.66. The molecule has 3 rings (SSSR count). The second kappa shape index (κ2) is 8.78. The molecular weight excluding hydrogens is 398 g/mol. The van der Waals surface area contributed by atoms with Crippen molar-refractivity contribution in [2.75, 3.05) is 20.6 Å². The lowest BCUT2D eigenvalue weighted by atomic mass is 9.94. The smallest absolute Gasteiger partial charge is 0.248 e. The molecule has 2 amide bonds. The van der Waals surface area contributed by atoms with Gasteiger partial charge in [0.1, 0.15) is 0 Å². The van der Waals surface area contributed by atoms with Gasteiger partial charge in [-0.05, 0) is 49.7 Å². The summed E-state index contributed by atoms with van der Waals surface area (Å²) >= 11 is 6.36. The largest absolute Gasteiger partial charge is 0.366 e. The number of nitrogens with one attached hydrogen (secondary N) is 1. The first-order chi connectivity index (χ1) is 14.2. The highest BCUT2D eigenvalue weighted by molar-refractivity contribution is 6.31. The average Bonchev–Trinajstić information content (AvgIpc) is 3.28. The predicted octanol–water partition coefficient (Wildman–Crippen LogP) is 3.25. The van der Waals surface area contributed by atoms with Crippen LogP contribution in [0, 0.1) is 11.8 Å². The lowest BCUT2D eigenvalue weighted by Crippen LogP contribution is -2.42. The summed E-state index contributed by atoms with van der Waals surface area (Å²) in [5.41, 5.74) is 7.72. The molecule has 0 aromatic heterocycles. The number of rotatable bonds is 8. The Morgan fingerprint density at radius 1 is 1.20 bits per heavy atom. The van der Waals surface area contributed by atoms with Crippen molar-refractivity contribution in [1.29, 1.82) is 0 Å². The van der Waals surface area contributed by atoms with Crippen LogP contribution in [0.15, 0.2) is 48.5 Å². The van der Waals surface area contributed by atoms with E-state index in [0.29, 0.717) is 29.5 Å². The summed E-state index contributed by atoms with van der Waals surface area (Å²) in [6, 6.07) is 15.4. The van der Waals surface area contributed by atoms with Gasteiger partial charge in [0.25, 0.3) is 0 Å². The van der Waals surface area contributed by atoms with E-state index in [0.717, 1.165) is 5.56 Å². The van der Waals surface area contributed by atoms with Gasteiger partial charge in [0.15, 0.2) is 0 Å². The van der Waals surface area contributed by atoms with E-state index < -0.39 is 5.91 Å². The molecule has 0 saturated heterocycles. The van der Waals surface area contributed by atoms with Gasteiger partial charge >= 0.3 is 0 Å². The molecule has 0 spiro atoms. The lowest BCUT2D eigenvalue weighted by Gasteiger charge is -2.25. The maximum Gasteiger partial charge on any atom is 0.248 e. The van der Waals surface area contributed by atoms with E-state index in [1.54, 1.807) is 12.1 Å². The summed E-state index contributed by atoms with van der Waals surface area (Å²) in [6.45, 7) is 4.83. The van der Waals surface area contributed by atoms with Crippen LogP contribution in [0.25, 0.3) is 0 Å². The standard InChI is InChI=1S/C24H30ClN3O2/c1-15-21(24(15,2)18-8-6-5-7-9-18)23(30)27-14-19(28(3)4)12-16-10-11-17(22(26)29)13-20(16)25/h5-11,13,15,19,21H,12,14H2,1-4H3,(H2,26,29)(H,27,30)/t15-,19-,21-,24?/m0/s1. The number of benzene rings is 2. The van der Waals surface area contributed by atoms with Crippen LogP contribution < -0.4 is 11.1 Å². The minimum atomic E-state index is -0.500.